The molecular weight excluding hydrogens is 270 g/mol. The summed E-state index contributed by atoms with van der Waals surface area (Å²) in [5.74, 6) is 0.845. The van der Waals surface area contributed by atoms with Gasteiger partial charge in [-0.05, 0) is 51.0 Å². The Morgan fingerprint density at radius 2 is 1.75 bits per heavy atom. The van der Waals surface area contributed by atoms with Crippen LogP contribution in [0.15, 0.2) is 18.2 Å². The number of para-hydroxylation sites is 1. The normalized spacial score (nSPS) is 11.1. The van der Waals surface area contributed by atoms with Crippen molar-refractivity contribution < 1.29 is 4.74 Å². The van der Waals surface area contributed by atoms with Gasteiger partial charge in [-0.25, -0.2) is 0 Å². The summed E-state index contributed by atoms with van der Waals surface area (Å²) in [7, 11) is 0. The summed E-state index contributed by atoms with van der Waals surface area (Å²) in [5, 5.41) is 0.714. The lowest BCUT2D eigenvalue weighted by Crippen LogP contribution is -2.23. The minimum atomic E-state index is 0.714. The molecule has 3 heteroatoms. The summed E-state index contributed by atoms with van der Waals surface area (Å²) in [6.45, 7) is 10.8. The van der Waals surface area contributed by atoms with Crippen LogP contribution in [0.4, 0.5) is 0 Å². The van der Waals surface area contributed by atoms with Crippen LogP contribution < -0.4 is 4.74 Å². The molecule has 0 fully saturated rings. The summed E-state index contributed by atoms with van der Waals surface area (Å²) in [6, 6.07) is 5.87. The van der Waals surface area contributed by atoms with E-state index in [0.29, 0.717) is 5.02 Å². The first-order valence-electron chi connectivity index (χ1n) is 7.79. The second-order valence-electron chi connectivity index (χ2n) is 5.18. The largest absolute Gasteiger partial charge is 0.492 e. The van der Waals surface area contributed by atoms with Gasteiger partial charge in [0.25, 0.3) is 0 Å². The number of halogens is 1. The van der Waals surface area contributed by atoms with E-state index in [1.165, 1.54) is 25.8 Å². The molecule has 1 aromatic rings. The van der Waals surface area contributed by atoms with E-state index in [4.69, 9.17) is 16.3 Å². The molecule has 2 nitrogen and oxygen atoms in total. The van der Waals surface area contributed by atoms with Crippen molar-refractivity contribution in [2.75, 3.05) is 26.2 Å². The van der Waals surface area contributed by atoms with E-state index in [9.17, 15) is 0 Å². The van der Waals surface area contributed by atoms with Crippen LogP contribution in [0.2, 0.25) is 5.02 Å². The molecule has 0 unspecified atom stereocenters. The number of ether oxygens (including phenoxy) is 1. The lowest BCUT2D eigenvalue weighted by atomic mass is 10.2. The van der Waals surface area contributed by atoms with Gasteiger partial charge in [-0.2, -0.15) is 0 Å². The van der Waals surface area contributed by atoms with E-state index < -0.39 is 0 Å². The zero-order chi connectivity index (χ0) is 14.8. The number of nitrogens with zero attached hydrogens (tertiary/aromatic N) is 1. The second-order valence-corrected chi connectivity index (χ2v) is 5.58. The van der Waals surface area contributed by atoms with E-state index in [0.717, 1.165) is 37.4 Å². The number of hydrogen-bond acceptors (Lipinski definition) is 2. The first-order valence-corrected chi connectivity index (χ1v) is 8.17. The molecule has 0 atom stereocenters. The minimum Gasteiger partial charge on any atom is -0.492 e. The minimum absolute atomic E-state index is 0.714. The Morgan fingerprint density at radius 1 is 1.05 bits per heavy atom. The van der Waals surface area contributed by atoms with Gasteiger partial charge in [-0.1, -0.05) is 50.4 Å². The highest BCUT2D eigenvalue weighted by atomic mass is 35.5. The molecule has 0 aliphatic carbocycles. The molecule has 0 aliphatic rings. The third-order valence-electron chi connectivity index (χ3n) is 3.67. The smallest absolute Gasteiger partial charge is 0.140 e. The first-order chi connectivity index (χ1) is 9.69. The average molecular weight is 298 g/mol. The van der Waals surface area contributed by atoms with Crippen molar-refractivity contribution in [3.8, 4) is 5.75 Å². The Hall–Kier alpha value is -0.730. The standard InChI is InChI=1S/C17H28ClNO/c1-4-19(5-2)13-8-6-7-9-14-20-17-15(3)11-10-12-16(17)18/h10-12H,4-9,13-14H2,1-3H3. The van der Waals surface area contributed by atoms with Crippen LogP contribution in [0.5, 0.6) is 5.75 Å². The Bertz CT molecular complexity index is 357. The summed E-state index contributed by atoms with van der Waals surface area (Å²) in [4.78, 5) is 2.48. The molecule has 114 valence electrons. The Labute approximate surface area is 129 Å². The molecule has 20 heavy (non-hydrogen) atoms. The SMILES string of the molecule is CCN(CC)CCCCCCOc1c(C)cccc1Cl. The number of hydrogen-bond donors (Lipinski definition) is 0. The monoisotopic (exact) mass is 297 g/mol. The van der Waals surface area contributed by atoms with Crippen molar-refractivity contribution in [2.24, 2.45) is 0 Å². The van der Waals surface area contributed by atoms with E-state index in [1.54, 1.807) is 0 Å². The number of unbranched alkanes of at least 4 members (excludes halogenated alkanes) is 3. The van der Waals surface area contributed by atoms with Gasteiger partial charge in [-0.3, -0.25) is 0 Å². The fourth-order valence-electron chi connectivity index (χ4n) is 2.30. The molecule has 0 heterocycles. The number of aryl methyl sites for hydroxylation is 1. The molecule has 1 aromatic carbocycles. The van der Waals surface area contributed by atoms with E-state index >= 15 is 0 Å². The molecule has 0 amide bonds. The Morgan fingerprint density at radius 3 is 2.40 bits per heavy atom. The van der Waals surface area contributed by atoms with Gasteiger partial charge >= 0.3 is 0 Å². The predicted octanol–water partition coefficient (Wildman–Crippen LogP) is 4.93. The fraction of sp³-hybridized carbons (Fsp3) is 0.647. The molecular formula is C17H28ClNO. The summed E-state index contributed by atoms with van der Waals surface area (Å²) < 4.78 is 5.80. The van der Waals surface area contributed by atoms with Gasteiger partial charge in [0.05, 0.1) is 11.6 Å². The highest BCUT2D eigenvalue weighted by Crippen LogP contribution is 2.27. The van der Waals surface area contributed by atoms with Crippen LogP contribution in [0, 0.1) is 6.92 Å². The van der Waals surface area contributed by atoms with Crippen LogP contribution >= 0.6 is 11.6 Å². The van der Waals surface area contributed by atoms with Gasteiger partial charge in [0.15, 0.2) is 0 Å². The molecule has 0 aromatic heterocycles. The Balaban J connectivity index is 2.11. The van der Waals surface area contributed by atoms with Gasteiger partial charge in [0, 0.05) is 0 Å². The Kier molecular flexibility index (Phi) is 8.72. The molecule has 0 saturated carbocycles. The lowest BCUT2D eigenvalue weighted by molar-refractivity contribution is 0.284. The molecule has 0 bridgehead atoms. The zero-order valence-corrected chi connectivity index (χ0v) is 13.9. The third-order valence-corrected chi connectivity index (χ3v) is 3.97. The van der Waals surface area contributed by atoms with E-state index in [-0.39, 0.29) is 0 Å². The number of rotatable bonds is 10. The molecule has 0 aliphatic heterocycles. The third kappa shape index (κ3) is 6.15. The molecule has 0 N–H and O–H groups in total. The van der Waals surface area contributed by atoms with Crippen LogP contribution in [0.3, 0.4) is 0 Å². The van der Waals surface area contributed by atoms with E-state index in [2.05, 4.69) is 18.7 Å². The van der Waals surface area contributed by atoms with Gasteiger partial charge < -0.3 is 9.64 Å². The highest BCUT2D eigenvalue weighted by molar-refractivity contribution is 6.32. The maximum atomic E-state index is 6.13. The molecule has 1 rings (SSSR count). The van der Waals surface area contributed by atoms with Crippen molar-refractivity contribution in [3.05, 3.63) is 28.8 Å². The van der Waals surface area contributed by atoms with Crippen molar-refractivity contribution >= 4 is 11.6 Å². The van der Waals surface area contributed by atoms with E-state index in [1.807, 2.05) is 25.1 Å². The van der Waals surface area contributed by atoms with Gasteiger partial charge in [0.2, 0.25) is 0 Å². The fourth-order valence-corrected chi connectivity index (χ4v) is 2.58. The van der Waals surface area contributed by atoms with Gasteiger partial charge in [0.1, 0.15) is 5.75 Å². The lowest BCUT2D eigenvalue weighted by Gasteiger charge is -2.17. The quantitative estimate of drug-likeness (QED) is 0.568. The summed E-state index contributed by atoms with van der Waals surface area (Å²) in [6.07, 6.45) is 4.89. The number of benzene rings is 1. The summed E-state index contributed by atoms with van der Waals surface area (Å²) >= 11 is 6.13. The summed E-state index contributed by atoms with van der Waals surface area (Å²) in [5.41, 5.74) is 1.11. The molecule has 0 radical (unpaired) electrons. The average Bonchev–Trinajstić information content (AvgIpc) is 2.44. The molecule has 0 saturated heterocycles. The first kappa shape index (κ1) is 17.3. The maximum Gasteiger partial charge on any atom is 0.140 e. The van der Waals surface area contributed by atoms with Crippen molar-refractivity contribution in [2.45, 2.75) is 46.5 Å². The van der Waals surface area contributed by atoms with Crippen molar-refractivity contribution in [1.82, 2.24) is 4.90 Å². The zero-order valence-electron chi connectivity index (χ0n) is 13.1. The van der Waals surface area contributed by atoms with Crippen LogP contribution in [0.25, 0.3) is 0 Å². The van der Waals surface area contributed by atoms with Crippen LogP contribution in [0.1, 0.15) is 45.1 Å². The highest BCUT2D eigenvalue weighted by Gasteiger charge is 2.04. The van der Waals surface area contributed by atoms with Crippen molar-refractivity contribution in [3.63, 3.8) is 0 Å². The predicted molar refractivity (Wildman–Crippen MR) is 87.9 cm³/mol. The topological polar surface area (TPSA) is 12.5 Å². The maximum absolute atomic E-state index is 6.13. The second kappa shape index (κ2) is 10.1. The van der Waals surface area contributed by atoms with Crippen molar-refractivity contribution in [1.29, 1.82) is 0 Å². The van der Waals surface area contributed by atoms with Gasteiger partial charge in [-0.15, -0.1) is 0 Å². The van der Waals surface area contributed by atoms with Crippen LogP contribution in [-0.2, 0) is 0 Å². The molecule has 0 spiro atoms. The van der Waals surface area contributed by atoms with Crippen LogP contribution in [-0.4, -0.2) is 31.1 Å².